The van der Waals surface area contributed by atoms with Crippen LogP contribution in [0.5, 0.6) is 5.75 Å². The van der Waals surface area contributed by atoms with Crippen molar-refractivity contribution in [3.05, 3.63) is 66.7 Å². The van der Waals surface area contributed by atoms with Gasteiger partial charge in [-0.3, -0.25) is 9.10 Å². The fraction of sp³-hybridized carbons (Fsp3) is 0.250. The van der Waals surface area contributed by atoms with Crippen molar-refractivity contribution in [1.29, 1.82) is 0 Å². The molecule has 30 heavy (non-hydrogen) atoms. The van der Waals surface area contributed by atoms with Crippen LogP contribution in [0.3, 0.4) is 0 Å². The average Bonchev–Trinajstić information content (AvgIpc) is 2.66. The molecule has 0 bridgehead atoms. The molecular weight excluding hydrogens is 421 g/mol. The van der Waals surface area contributed by atoms with E-state index in [0.29, 0.717) is 28.4 Å². The standard InChI is InChI=1S/C20H21F3N2O4S/c1-4-12-29-18-10-8-16(9-11-18)24-19(26)14(2)25(30(3,27)28)17-7-5-6-15(13-17)20(21,22)23/h4-11,13-14H,1,12H2,2-3H3,(H,24,26)/t14-/m0/s1. The number of benzene rings is 2. The highest BCUT2D eigenvalue weighted by atomic mass is 32.2. The van der Waals surface area contributed by atoms with E-state index in [0.717, 1.165) is 18.4 Å². The van der Waals surface area contributed by atoms with Crippen LogP contribution in [-0.4, -0.2) is 33.2 Å². The molecule has 0 aromatic heterocycles. The van der Waals surface area contributed by atoms with Crippen LogP contribution in [-0.2, 0) is 21.0 Å². The van der Waals surface area contributed by atoms with Crippen molar-refractivity contribution in [3.8, 4) is 5.75 Å². The van der Waals surface area contributed by atoms with Crippen molar-refractivity contribution in [3.63, 3.8) is 0 Å². The topological polar surface area (TPSA) is 75.7 Å². The second kappa shape index (κ2) is 9.21. The Morgan fingerprint density at radius 1 is 1.23 bits per heavy atom. The smallest absolute Gasteiger partial charge is 0.416 e. The number of amides is 1. The minimum absolute atomic E-state index is 0.261. The predicted octanol–water partition coefficient (Wildman–Crippen LogP) is 4.06. The summed E-state index contributed by atoms with van der Waals surface area (Å²) < 4.78 is 69.6. The predicted molar refractivity (Wildman–Crippen MR) is 109 cm³/mol. The van der Waals surface area contributed by atoms with E-state index in [1.54, 1.807) is 30.3 Å². The Morgan fingerprint density at radius 3 is 2.40 bits per heavy atom. The lowest BCUT2D eigenvalue weighted by Crippen LogP contribution is -2.45. The summed E-state index contributed by atoms with van der Waals surface area (Å²) in [5.74, 6) is -0.166. The van der Waals surface area contributed by atoms with E-state index in [-0.39, 0.29) is 5.69 Å². The Bertz CT molecular complexity index is 1010. The third kappa shape index (κ3) is 5.99. The maximum atomic E-state index is 13.0. The van der Waals surface area contributed by atoms with Crippen molar-refractivity contribution >= 4 is 27.3 Å². The molecule has 10 heteroatoms. The van der Waals surface area contributed by atoms with E-state index in [4.69, 9.17) is 4.74 Å². The van der Waals surface area contributed by atoms with Gasteiger partial charge in [-0.25, -0.2) is 8.42 Å². The van der Waals surface area contributed by atoms with E-state index in [9.17, 15) is 26.4 Å². The Kier molecular flexibility index (Phi) is 7.14. The van der Waals surface area contributed by atoms with Gasteiger partial charge in [0.05, 0.1) is 17.5 Å². The molecule has 1 atom stereocenters. The maximum Gasteiger partial charge on any atom is 0.416 e. The van der Waals surface area contributed by atoms with Crippen LogP contribution in [0.1, 0.15) is 12.5 Å². The molecule has 1 N–H and O–H groups in total. The molecule has 0 aliphatic carbocycles. The first-order chi connectivity index (χ1) is 13.9. The van der Waals surface area contributed by atoms with Gasteiger partial charge in [-0.15, -0.1) is 0 Å². The van der Waals surface area contributed by atoms with Gasteiger partial charge in [-0.05, 0) is 49.4 Å². The van der Waals surface area contributed by atoms with Crippen LogP contribution in [0, 0.1) is 0 Å². The molecule has 2 aromatic carbocycles. The van der Waals surface area contributed by atoms with Crippen LogP contribution in [0.2, 0.25) is 0 Å². The van der Waals surface area contributed by atoms with Crippen molar-refractivity contribution in [1.82, 2.24) is 0 Å². The minimum Gasteiger partial charge on any atom is -0.490 e. The first-order valence-corrected chi connectivity index (χ1v) is 10.6. The number of sulfonamides is 1. The molecule has 6 nitrogen and oxygen atoms in total. The third-order valence-electron chi connectivity index (χ3n) is 4.01. The summed E-state index contributed by atoms with van der Waals surface area (Å²) in [7, 11) is -4.06. The minimum atomic E-state index is -4.65. The summed E-state index contributed by atoms with van der Waals surface area (Å²) in [5, 5.41) is 2.55. The third-order valence-corrected chi connectivity index (χ3v) is 5.25. The van der Waals surface area contributed by atoms with Crippen molar-refractivity contribution < 1.29 is 31.1 Å². The van der Waals surface area contributed by atoms with E-state index >= 15 is 0 Å². The first-order valence-electron chi connectivity index (χ1n) is 8.75. The molecule has 1 amide bonds. The molecule has 2 rings (SSSR count). The zero-order chi connectivity index (χ0) is 22.5. The number of ether oxygens (including phenoxy) is 1. The average molecular weight is 442 g/mol. The van der Waals surface area contributed by atoms with Gasteiger partial charge in [0.15, 0.2) is 0 Å². The fourth-order valence-electron chi connectivity index (χ4n) is 2.66. The summed E-state index contributed by atoms with van der Waals surface area (Å²) in [6.07, 6.45) is -2.26. The molecule has 0 aliphatic rings. The molecule has 0 saturated carbocycles. The summed E-state index contributed by atoms with van der Waals surface area (Å²) in [6, 6.07) is 8.81. The van der Waals surface area contributed by atoms with E-state index < -0.39 is 33.7 Å². The number of halogens is 3. The van der Waals surface area contributed by atoms with Crippen LogP contribution in [0.15, 0.2) is 61.2 Å². The molecule has 0 radical (unpaired) electrons. The van der Waals surface area contributed by atoms with E-state index in [1.807, 2.05) is 0 Å². The number of alkyl halides is 3. The SMILES string of the molecule is C=CCOc1ccc(NC(=O)[C@H](C)N(c2cccc(C(F)(F)F)c2)S(C)(=O)=O)cc1. The summed E-state index contributed by atoms with van der Waals surface area (Å²) in [4.78, 5) is 12.6. The summed E-state index contributed by atoms with van der Waals surface area (Å²) in [5.41, 5.74) is -0.908. The second-order valence-corrected chi connectivity index (χ2v) is 8.26. The molecular formula is C20H21F3N2O4S. The van der Waals surface area contributed by atoms with Crippen LogP contribution in [0.25, 0.3) is 0 Å². The Morgan fingerprint density at radius 2 is 1.87 bits per heavy atom. The van der Waals surface area contributed by atoms with Gasteiger partial charge in [-0.2, -0.15) is 13.2 Å². The van der Waals surface area contributed by atoms with E-state index in [2.05, 4.69) is 11.9 Å². The number of hydrogen-bond acceptors (Lipinski definition) is 4. The lowest BCUT2D eigenvalue weighted by Gasteiger charge is -2.28. The van der Waals surface area contributed by atoms with Crippen LogP contribution < -0.4 is 14.4 Å². The summed E-state index contributed by atoms with van der Waals surface area (Å²) >= 11 is 0. The van der Waals surface area contributed by atoms with Crippen molar-refractivity contribution in [2.75, 3.05) is 22.5 Å². The number of nitrogens with zero attached hydrogens (tertiary/aromatic N) is 1. The number of rotatable bonds is 8. The first kappa shape index (κ1) is 23.3. The van der Waals surface area contributed by atoms with Gasteiger partial charge in [0, 0.05) is 5.69 Å². The molecule has 0 spiro atoms. The molecule has 0 aliphatic heterocycles. The van der Waals surface area contributed by atoms with Gasteiger partial charge >= 0.3 is 6.18 Å². The van der Waals surface area contributed by atoms with Gasteiger partial charge in [0.25, 0.3) is 0 Å². The highest BCUT2D eigenvalue weighted by molar-refractivity contribution is 7.92. The normalized spacial score (nSPS) is 12.7. The van der Waals surface area contributed by atoms with Gasteiger partial charge in [0.1, 0.15) is 18.4 Å². The number of carbonyl (C=O) groups is 1. The highest BCUT2D eigenvalue weighted by Gasteiger charge is 2.34. The molecule has 0 saturated heterocycles. The Labute approximate surface area is 173 Å². The fourth-order valence-corrected chi connectivity index (χ4v) is 3.83. The lowest BCUT2D eigenvalue weighted by atomic mass is 10.1. The molecule has 162 valence electrons. The number of nitrogens with one attached hydrogen (secondary N) is 1. The number of anilines is 2. The zero-order valence-corrected chi connectivity index (χ0v) is 17.1. The quantitative estimate of drug-likeness (QED) is 0.626. The van der Waals surface area contributed by atoms with Gasteiger partial charge in [-0.1, -0.05) is 18.7 Å². The number of carbonyl (C=O) groups excluding carboxylic acids is 1. The monoisotopic (exact) mass is 442 g/mol. The molecule has 0 heterocycles. The van der Waals surface area contributed by atoms with Gasteiger partial charge in [0.2, 0.25) is 15.9 Å². The van der Waals surface area contributed by atoms with E-state index in [1.165, 1.54) is 13.0 Å². The van der Waals surface area contributed by atoms with Gasteiger partial charge < -0.3 is 10.1 Å². The molecule has 2 aromatic rings. The Hall–Kier alpha value is -3.01. The maximum absolute atomic E-state index is 13.0. The second-order valence-electron chi connectivity index (χ2n) is 6.40. The van der Waals surface area contributed by atoms with Crippen LogP contribution >= 0.6 is 0 Å². The van der Waals surface area contributed by atoms with Crippen molar-refractivity contribution in [2.24, 2.45) is 0 Å². The zero-order valence-electron chi connectivity index (χ0n) is 16.3. The lowest BCUT2D eigenvalue weighted by molar-refractivity contribution is -0.137. The molecule has 0 fully saturated rings. The van der Waals surface area contributed by atoms with Crippen LogP contribution in [0.4, 0.5) is 24.5 Å². The number of hydrogen-bond donors (Lipinski definition) is 1. The molecule has 0 unspecified atom stereocenters. The Balaban J connectivity index is 2.26. The highest BCUT2D eigenvalue weighted by Crippen LogP contribution is 2.33. The largest absolute Gasteiger partial charge is 0.490 e. The van der Waals surface area contributed by atoms with Crippen molar-refractivity contribution in [2.45, 2.75) is 19.1 Å². The summed E-state index contributed by atoms with van der Waals surface area (Å²) in [6.45, 7) is 5.13.